The number of aliphatic hydroxyl groups is 4. The Morgan fingerprint density at radius 2 is 1.69 bits per heavy atom. The molecule has 0 aromatic rings. The molecule has 1 aliphatic rings. The summed E-state index contributed by atoms with van der Waals surface area (Å²) in [5, 5.41) is 36.2. The maximum atomic E-state index is 9.20. The first-order valence-electron chi connectivity index (χ1n) is 3.56. The van der Waals surface area contributed by atoms with Crippen LogP contribution in [-0.2, 0) is 4.74 Å². The van der Waals surface area contributed by atoms with Crippen LogP contribution in [0.5, 0.6) is 0 Å². The second-order valence-electron chi connectivity index (χ2n) is 2.72. The SMILES string of the molecule is OC[C@H]1O[C@H](S)[C@@H](O)[C@@H](O)[C@@H]1O.[H-].[Na+]. The van der Waals surface area contributed by atoms with Gasteiger partial charge in [-0.3, -0.25) is 0 Å². The Kier molecular flexibility index (Phi) is 6.41. The van der Waals surface area contributed by atoms with Gasteiger partial charge in [0, 0.05) is 0 Å². The summed E-state index contributed by atoms with van der Waals surface area (Å²) in [5.41, 5.74) is -0.874. The maximum Gasteiger partial charge on any atom is 1.00 e. The van der Waals surface area contributed by atoms with Gasteiger partial charge in [0.25, 0.3) is 0 Å². The molecule has 1 fully saturated rings. The van der Waals surface area contributed by atoms with Crippen LogP contribution in [0.1, 0.15) is 1.43 Å². The van der Waals surface area contributed by atoms with Crippen molar-refractivity contribution < 1.29 is 56.1 Å². The molecule has 1 saturated heterocycles. The van der Waals surface area contributed by atoms with Crippen molar-refractivity contribution in [2.45, 2.75) is 29.9 Å². The van der Waals surface area contributed by atoms with Gasteiger partial charge in [-0.25, -0.2) is 0 Å². The van der Waals surface area contributed by atoms with Gasteiger partial charge in [0.1, 0.15) is 29.9 Å². The number of rotatable bonds is 1. The zero-order valence-electron chi connectivity index (χ0n) is 8.24. The van der Waals surface area contributed by atoms with E-state index in [0.29, 0.717) is 0 Å². The van der Waals surface area contributed by atoms with Crippen molar-refractivity contribution in [3.05, 3.63) is 0 Å². The molecular weight excluding hydrogens is 207 g/mol. The normalized spacial score (nSPS) is 45.5. The number of ether oxygens (including phenoxy) is 1. The molecule has 74 valence electrons. The van der Waals surface area contributed by atoms with Crippen molar-refractivity contribution in [2.24, 2.45) is 0 Å². The molecule has 0 bridgehead atoms. The van der Waals surface area contributed by atoms with E-state index < -0.39 is 36.5 Å². The first-order valence-corrected chi connectivity index (χ1v) is 4.08. The van der Waals surface area contributed by atoms with E-state index in [-0.39, 0.29) is 31.0 Å². The van der Waals surface area contributed by atoms with Gasteiger partial charge >= 0.3 is 29.6 Å². The Morgan fingerprint density at radius 1 is 1.15 bits per heavy atom. The van der Waals surface area contributed by atoms with E-state index in [0.717, 1.165) is 0 Å². The summed E-state index contributed by atoms with van der Waals surface area (Å²) >= 11 is 3.81. The minimum Gasteiger partial charge on any atom is -1.00 e. The smallest absolute Gasteiger partial charge is 1.00 e. The first-order chi connectivity index (χ1) is 5.57. The minimum absolute atomic E-state index is 0. The molecule has 0 amide bonds. The Labute approximate surface area is 105 Å². The van der Waals surface area contributed by atoms with Crippen LogP contribution in [0.2, 0.25) is 0 Å². The van der Waals surface area contributed by atoms with Crippen LogP contribution < -0.4 is 29.6 Å². The predicted octanol–water partition coefficient (Wildman–Crippen LogP) is -5.17. The average Bonchev–Trinajstić information content (AvgIpc) is 2.08. The monoisotopic (exact) mass is 220 g/mol. The standard InChI is InChI=1S/C6H12O5S.Na.H/c7-1-2-3(8)4(9)5(10)6(12)11-2;;/h2-10,12H,1H2;;/q;+1;-1/t2-,3-,4+,5+,6-;;/m1../s1. The molecule has 1 heterocycles. The molecule has 0 aromatic carbocycles. The van der Waals surface area contributed by atoms with Gasteiger partial charge in [-0.1, -0.05) is 0 Å². The molecule has 13 heavy (non-hydrogen) atoms. The topological polar surface area (TPSA) is 90.2 Å². The molecule has 5 atom stereocenters. The Hall–Kier alpha value is 1.15. The molecular formula is C6H13NaO5S. The van der Waals surface area contributed by atoms with Crippen LogP contribution in [0, 0.1) is 0 Å². The zero-order valence-corrected chi connectivity index (χ0v) is 10.1. The fourth-order valence-corrected chi connectivity index (χ4v) is 1.41. The van der Waals surface area contributed by atoms with Gasteiger partial charge in [-0.2, -0.15) is 0 Å². The van der Waals surface area contributed by atoms with E-state index in [1.807, 2.05) is 0 Å². The van der Waals surface area contributed by atoms with Gasteiger partial charge in [-0.05, 0) is 0 Å². The molecule has 0 radical (unpaired) electrons. The fraction of sp³-hybridized carbons (Fsp3) is 1.00. The van der Waals surface area contributed by atoms with Crippen LogP contribution >= 0.6 is 12.6 Å². The number of thiol groups is 1. The fourth-order valence-electron chi connectivity index (χ4n) is 1.08. The van der Waals surface area contributed by atoms with Crippen LogP contribution in [0.3, 0.4) is 0 Å². The third kappa shape index (κ3) is 3.05. The van der Waals surface area contributed by atoms with Crippen LogP contribution in [0.25, 0.3) is 0 Å². The summed E-state index contributed by atoms with van der Waals surface area (Å²) in [6.45, 7) is -0.415. The average molecular weight is 220 g/mol. The summed E-state index contributed by atoms with van der Waals surface area (Å²) in [4.78, 5) is 0. The Bertz CT molecular complexity index is 160. The summed E-state index contributed by atoms with van der Waals surface area (Å²) < 4.78 is 4.88. The predicted molar refractivity (Wildman–Crippen MR) is 43.9 cm³/mol. The molecule has 0 spiro atoms. The van der Waals surface area contributed by atoms with Crippen molar-refractivity contribution in [2.75, 3.05) is 6.61 Å². The minimum atomic E-state index is -1.32. The first kappa shape index (κ1) is 14.2. The Morgan fingerprint density at radius 3 is 2.15 bits per heavy atom. The third-order valence-corrected chi connectivity index (χ3v) is 2.29. The number of hydrogen-bond donors (Lipinski definition) is 5. The van der Waals surface area contributed by atoms with Gasteiger partial charge in [-0.15, -0.1) is 12.6 Å². The molecule has 4 N–H and O–H groups in total. The van der Waals surface area contributed by atoms with Crippen LogP contribution in [0.15, 0.2) is 0 Å². The van der Waals surface area contributed by atoms with Crippen LogP contribution in [-0.4, -0.2) is 56.9 Å². The third-order valence-electron chi connectivity index (χ3n) is 1.87. The molecule has 5 nitrogen and oxygen atoms in total. The van der Waals surface area contributed by atoms with E-state index >= 15 is 0 Å². The quantitative estimate of drug-likeness (QED) is 0.225. The molecule has 1 aliphatic heterocycles. The van der Waals surface area contributed by atoms with Gasteiger partial charge in [0.15, 0.2) is 0 Å². The van der Waals surface area contributed by atoms with Crippen molar-refractivity contribution in [3.8, 4) is 0 Å². The maximum absolute atomic E-state index is 9.20. The van der Waals surface area contributed by atoms with Gasteiger partial charge in [0.05, 0.1) is 6.61 Å². The van der Waals surface area contributed by atoms with E-state index in [4.69, 9.17) is 14.9 Å². The molecule has 0 unspecified atom stereocenters. The largest absolute Gasteiger partial charge is 1.00 e. The second-order valence-corrected chi connectivity index (χ2v) is 3.23. The molecule has 0 aromatic heterocycles. The van der Waals surface area contributed by atoms with E-state index in [2.05, 4.69) is 12.6 Å². The van der Waals surface area contributed by atoms with Gasteiger partial charge in [0.2, 0.25) is 0 Å². The summed E-state index contributed by atoms with van der Waals surface area (Å²) in [6, 6.07) is 0. The molecule has 1 rings (SSSR count). The van der Waals surface area contributed by atoms with Crippen molar-refractivity contribution in [1.82, 2.24) is 0 Å². The van der Waals surface area contributed by atoms with Gasteiger partial charge < -0.3 is 26.6 Å². The number of aliphatic hydroxyl groups excluding tert-OH is 4. The van der Waals surface area contributed by atoms with Crippen molar-refractivity contribution in [1.29, 1.82) is 0 Å². The van der Waals surface area contributed by atoms with E-state index in [9.17, 15) is 10.2 Å². The Balaban J connectivity index is 0. The van der Waals surface area contributed by atoms with Crippen molar-refractivity contribution in [3.63, 3.8) is 0 Å². The second kappa shape index (κ2) is 5.89. The number of hydrogen-bond acceptors (Lipinski definition) is 6. The zero-order chi connectivity index (χ0) is 9.30. The summed E-state index contributed by atoms with van der Waals surface area (Å²) in [5.74, 6) is 0. The van der Waals surface area contributed by atoms with E-state index in [1.165, 1.54) is 0 Å². The van der Waals surface area contributed by atoms with Crippen LogP contribution in [0.4, 0.5) is 0 Å². The molecule has 7 heteroatoms. The summed E-state index contributed by atoms with van der Waals surface area (Å²) in [7, 11) is 0. The summed E-state index contributed by atoms with van der Waals surface area (Å²) in [6.07, 6.45) is -4.70. The molecule has 0 saturated carbocycles. The van der Waals surface area contributed by atoms with Crippen molar-refractivity contribution >= 4 is 12.6 Å². The molecule has 0 aliphatic carbocycles. The van der Waals surface area contributed by atoms with E-state index in [1.54, 1.807) is 0 Å².